The standard InChI is InChI=1S/C29H30FN3O5S/c1-3-33(4-2)15-16-39(37,38)23-12-10-22(11-13-23)31-28(20-7-5-19(6-8-20)17-26(34)35)27-24-14-9-21(30)18-25(24)32-29(27)36/h5-14,18,27H,3-4,15-17H2,1-2H3,(H,32,36)(H,34,35). The quantitative estimate of drug-likeness (QED) is 0.341. The van der Waals surface area contributed by atoms with E-state index >= 15 is 0 Å². The van der Waals surface area contributed by atoms with Gasteiger partial charge in [-0.2, -0.15) is 0 Å². The van der Waals surface area contributed by atoms with Crippen molar-refractivity contribution >= 4 is 38.8 Å². The Morgan fingerprint density at radius 1 is 1.03 bits per heavy atom. The van der Waals surface area contributed by atoms with E-state index in [1.165, 1.54) is 30.3 Å². The van der Waals surface area contributed by atoms with E-state index in [4.69, 9.17) is 10.1 Å². The summed E-state index contributed by atoms with van der Waals surface area (Å²) >= 11 is 0. The fraction of sp³-hybridized carbons (Fsp3) is 0.276. The first-order valence-electron chi connectivity index (χ1n) is 12.7. The Balaban J connectivity index is 1.70. The molecule has 0 fully saturated rings. The third-order valence-corrected chi connectivity index (χ3v) is 8.45. The van der Waals surface area contributed by atoms with Gasteiger partial charge in [0.2, 0.25) is 5.91 Å². The molecule has 0 spiro atoms. The number of rotatable bonds is 11. The summed E-state index contributed by atoms with van der Waals surface area (Å²) < 4.78 is 39.5. The van der Waals surface area contributed by atoms with Crippen molar-refractivity contribution < 1.29 is 27.5 Å². The highest BCUT2D eigenvalue weighted by atomic mass is 32.2. The molecule has 39 heavy (non-hydrogen) atoms. The van der Waals surface area contributed by atoms with Gasteiger partial charge in [-0.1, -0.05) is 44.2 Å². The number of hydrogen-bond acceptors (Lipinski definition) is 6. The molecule has 3 aromatic carbocycles. The van der Waals surface area contributed by atoms with Gasteiger partial charge in [-0.15, -0.1) is 0 Å². The number of carboxylic acids is 1. The van der Waals surface area contributed by atoms with Gasteiger partial charge in [0.15, 0.2) is 9.84 Å². The number of nitrogens with zero attached hydrogens (tertiary/aromatic N) is 2. The number of carbonyl (C=O) groups is 2. The lowest BCUT2D eigenvalue weighted by Crippen LogP contribution is -2.29. The van der Waals surface area contributed by atoms with Gasteiger partial charge < -0.3 is 15.3 Å². The molecule has 1 atom stereocenters. The highest BCUT2D eigenvalue weighted by Gasteiger charge is 2.35. The van der Waals surface area contributed by atoms with Gasteiger partial charge in [-0.05, 0) is 66.2 Å². The van der Waals surface area contributed by atoms with Gasteiger partial charge in [0.1, 0.15) is 11.7 Å². The summed E-state index contributed by atoms with van der Waals surface area (Å²) in [6.45, 7) is 5.95. The third-order valence-electron chi connectivity index (χ3n) is 6.74. The molecule has 8 nitrogen and oxygen atoms in total. The molecule has 0 radical (unpaired) electrons. The smallest absolute Gasteiger partial charge is 0.307 e. The average molecular weight is 552 g/mol. The Morgan fingerprint density at radius 3 is 2.31 bits per heavy atom. The number of amides is 1. The Hall–Kier alpha value is -3.89. The van der Waals surface area contributed by atoms with Crippen LogP contribution in [0.4, 0.5) is 15.8 Å². The van der Waals surface area contributed by atoms with Crippen molar-refractivity contribution in [1.82, 2.24) is 4.90 Å². The maximum atomic E-state index is 13.8. The van der Waals surface area contributed by atoms with Crippen LogP contribution in [0.25, 0.3) is 0 Å². The SMILES string of the molecule is CCN(CC)CCS(=O)(=O)c1ccc(N=C(c2ccc(CC(=O)O)cc2)C2C(=O)Nc3cc(F)ccc32)cc1. The predicted octanol–water partition coefficient (Wildman–Crippen LogP) is 4.43. The van der Waals surface area contributed by atoms with E-state index in [-0.39, 0.29) is 23.0 Å². The van der Waals surface area contributed by atoms with Crippen LogP contribution in [0, 0.1) is 5.82 Å². The van der Waals surface area contributed by atoms with Crippen molar-refractivity contribution in [3.8, 4) is 0 Å². The topological polar surface area (TPSA) is 116 Å². The van der Waals surface area contributed by atoms with Crippen molar-refractivity contribution in [3.63, 3.8) is 0 Å². The van der Waals surface area contributed by atoms with E-state index in [9.17, 15) is 22.4 Å². The van der Waals surface area contributed by atoms with Crippen molar-refractivity contribution in [2.24, 2.45) is 4.99 Å². The molecule has 4 rings (SSSR count). The Bertz CT molecular complexity index is 1500. The molecule has 10 heteroatoms. The second-order valence-corrected chi connectivity index (χ2v) is 11.4. The minimum Gasteiger partial charge on any atom is -0.481 e. The van der Waals surface area contributed by atoms with Gasteiger partial charge >= 0.3 is 5.97 Å². The highest BCUT2D eigenvalue weighted by Crippen LogP contribution is 2.37. The molecule has 1 aliphatic rings. The number of nitrogens with one attached hydrogen (secondary N) is 1. The maximum absolute atomic E-state index is 13.8. The number of benzene rings is 3. The van der Waals surface area contributed by atoms with E-state index in [1.54, 1.807) is 36.4 Å². The summed E-state index contributed by atoms with van der Waals surface area (Å²) in [6, 6.07) is 16.9. The van der Waals surface area contributed by atoms with E-state index in [0.29, 0.717) is 40.3 Å². The fourth-order valence-corrected chi connectivity index (χ4v) is 5.83. The summed E-state index contributed by atoms with van der Waals surface area (Å²) in [6.07, 6.45) is -0.150. The summed E-state index contributed by atoms with van der Waals surface area (Å²) in [7, 11) is -3.49. The molecular formula is C29H30FN3O5S. The van der Waals surface area contributed by atoms with Crippen LogP contribution in [0.1, 0.15) is 36.5 Å². The number of carboxylic acid groups (broad SMARTS) is 1. The molecule has 3 aromatic rings. The zero-order chi connectivity index (χ0) is 28.2. The number of carbonyl (C=O) groups excluding carboxylic acids is 1. The zero-order valence-electron chi connectivity index (χ0n) is 21.7. The molecule has 0 aromatic heterocycles. The van der Waals surface area contributed by atoms with Gasteiger partial charge in [0.05, 0.1) is 28.5 Å². The molecule has 0 saturated carbocycles. The molecule has 1 aliphatic heterocycles. The number of fused-ring (bicyclic) bond motifs is 1. The second kappa shape index (κ2) is 11.9. The zero-order valence-corrected chi connectivity index (χ0v) is 22.5. The van der Waals surface area contributed by atoms with Crippen LogP contribution in [0.2, 0.25) is 0 Å². The van der Waals surface area contributed by atoms with Crippen molar-refractivity contribution in [2.75, 3.05) is 30.7 Å². The van der Waals surface area contributed by atoms with Gasteiger partial charge in [-0.3, -0.25) is 14.6 Å². The molecule has 0 bridgehead atoms. The molecule has 0 aliphatic carbocycles. The first kappa shape index (κ1) is 28.1. The Morgan fingerprint density at radius 2 is 1.69 bits per heavy atom. The first-order chi connectivity index (χ1) is 18.6. The summed E-state index contributed by atoms with van der Waals surface area (Å²) in [5.41, 5.74) is 2.89. The number of halogens is 1. The second-order valence-electron chi connectivity index (χ2n) is 9.26. The van der Waals surface area contributed by atoms with Crippen molar-refractivity contribution in [2.45, 2.75) is 31.1 Å². The van der Waals surface area contributed by atoms with Gasteiger partial charge in [0.25, 0.3) is 0 Å². The van der Waals surface area contributed by atoms with Crippen LogP contribution in [-0.4, -0.2) is 61.4 Å². The largest absolute Gasteiger partial charge is 0.481 e. The van der Waals surface area contributed by atoms with E-state index in [0.717, 1.165) is 13.1 Å². The molecular weight excluding hydrogens is 521 g/mol. The molecule has 1 unspecified atom stereocenters. The number of hydrogen-bond donors (Lipinski definition) is 2. The normalized spacial score (nSPS) is 15.3. The molecule has 0 saturated heterocycles. The van der Waals surface area contributed by atoms with Crippen LogP contribution in [0.15, 0.2) is 76.6 Å². The maximum Gasteiger partial charge on any atom is 0.307 e. The van der Waals surface area contributed by atoms with E-state index < -0.39 is 27.5 Å². The highest BCUT2D eigenvalue weighted by molar-refractivity contribution is 7.91. The van der Waals surface area contributed by atoms with E-state index in [2.05, 4.69) is 5.32 Å². The lowest BCUT2D eigenvalue weighted by Gasteiger charge is -2.17. The van der Waals surface area contributed by atoms with Gasteiger partial charge in [-0.25, -0.2) is 12.8 Å². The Labute approximate surface area is 227 Å². The first-order valence-corrected chi connectivity index (χ1v) is 14.3. The lowest BCUT2D eigenvalue weighted by molar-refractivity contribution is -0.136. The van der Waals surface area contributed by atoms with Crippen LogP contribution >= 0.6 is 0 Å². The fourth-order valence-electron chi connectivity index (χ4n) is 4.54. The summed E-state index contributed by atoms with van der Waals surface area (Å²) in [5.74, 6) is -2.66. The number of aliphatic carboxylic acids is 1. The number of anilines is 1. The van der Waals surface area contributed by atoms with Crippen LogP contribution in [-0.2, 0) is 25.8 Å². The third kappa shape index (κ3) is 6.58. The number of aliphatic imine (C=N–C) groups is 1. The minimum absolute atomic E-state index is 0.000818. The van der Waals surface area contributed by atoms with Crippen molar-refractivity contribution in [3.05, 3.63) is 89.2 Å². The summed E-state index contributed by atoms with van der Waals surface area (Å²) in [4.78, 5) is 31.1. The van der Waals surface area contributed by atoms with Crippen LogP contribution in [0.3, 0.4) is 0 Å². The van der Waals surface area contributed by atoms with Crippen molar-refractivity contribution in [1.29, 1.82) is 0 Å². The minimum atomic E-state index is -3.49. The predicted molar refractivity (Wildman–Crippen MR) is 148 cm³/mol. The molecule has 2 N–H and O–H groups in total. The monoisotopic (exact) mass is 551 g/mol. The van der Waals surface area contributed by atoms with Crippen LogP contribution < -0.4 is 5.32 Å². The van der Waals surface area contributed by atoms with Gasteiger partial charge in [0, 0.05) is 12.2 Å². The number of sulfone groups is 1. The van der Waals surface area contributed by atoms with Crippen LogP contribution in [0.5, 0.6) is 0 Å². The van der Waals surface area contributed by atoms with E-state index in [1.807, 2.05) is 18.7 Å². The Kier molecular flexibility index (Phi) is 8.57. The molecule has 204 valence electrons. The summed E-state index contributed by atoms with van der Waals surface area (Å²) in [5, 5.41) is 11.8. The average Bonchev–Trinajstić information content (AvgIpc) is 3.22. The molecule has 1 heterocycles. The lowest BCUT2D eigenvalue weighted by atomic mass is 9.90. The molecule has 1 amide bonds.